The maximum Gasteiger partial charge on any atom is 0.338 e. The Bertz CT molecular complexity index is 851. The van der Waals surface area contributed by atoms with Gasteiger partial charge in [0, 0.05) is 12.1 Å². The second-order valence-corrected chi connectivity index (χ2v) is 5.95. The molecule has 1 aliphatic carbocycles. The molecule has 0 aliphatic heterocycles. The zero-order valence-corrected chi connectivity index (χ0v) is 14.0. The lowest BCUT2D eigenvalue weighted by molar-refractivity contribution is -0.384. The van der Waals surface area contributed by atoms with Crippen molar-refractivity contribution in [1.29, 1.82) is 0 Å². The zero-order valence-electron chi connectivity index (χ0n) is 14.0. The predicted octanol–water partition coefficient (Wildman–Crippen LogP) is 3.67. The summed E-state index contributed by atoms with van der Waals surface area (Å²) in [5.74, 6) is -1.19. The monoisotopic (exact) mass is 360 g/mol. The third-order valence-electron chi connectivity index (χ3n) is 3.95. The summed E-state index contributed by atoms with van der Waals surface area (Å²) in [5, 5.41) is 14.3. The Balaban J connectivity index is 1.70. The first kappa shape index (κ1) is 17.7. The van der Waals surface area contributed by atoms with Crippen LogP contribution in [0.5, 0.6) is 5.75 Å². The molecule has 1 N–H and O–H groups in total. The molecule has 0 atom stereocenters. The van der Waals surface area contributed by atoms with Crippen molar-refractivity contribution in [2.45, 2.75) is 25.5 Å². The number of methoxy groups -OCH3 is 1. The van der Waals surface area contributed by atoms with Crippen molar-refractivity contribution in [3.63, 3.8) is 0 Å². The number of ether oxygens (including phenoxy) is 2. The molecule has 2 aromatic carbocycles. The van der Waals surface area contributed by atoms with Crippen LogP contribution >= 0.6 is 0 Å². The van der Waals surface area contributed by atoms with Gasteiger partial charge in [0.25, 0.3) is 5.69 Å². The number of anilines is 1. The molecule has 1 saturated carbocycles. The maximum absolute atomic E-state index is 13.6. The molecule has 136 valence electrons. The van der Waals surface area contributed by atoms with E-state index < -0.39 is 16.7 Å². The van der Waals surface area contributed by atoms with E-state index in [-0.39, 0.29) is 29.6 Å². The fraction of sp³-hybridized carbons (Fsp3) is 0.278. The smallest absolute Gasteiger partial charge is 0.338 e. The van der Waals surface area contributed by atoms with Crippen LogP contribution in [-0.4, -0.2) is 24.0 Å². The quantitative estimate of drug-likeness (QED) is 0.460. The third-order valence-corrected chi connectivity index (χ3v) is 3.95. The van der Waals surface area contributed by atoms with E-state index in [9.17, 15) is 19.3 Å². The van der Waals surface area contributed by atoms with Gasteiger partial charge in [-0.2, -0.15) is 0 Å². The van der Waals surface area contributed by atoms with Crippen LogP contribution in [0.25, 0.3) is 0 Å². The molecule has 0 aromatic heterocycles. The molecule has 0 unspecified atom stereocenters. The average Bonchev–Trinajstić information content (AvgIpc) is 3.44. The van der Waals surface area contributed by atoms with Crippen LogP contribution in [0.15, 0.2) is 36.4 Å². The van der Waals surface area contributed by atoms with Gasteiger partial charge >= 0.3 is 5.97 Å². The lowest BCUT2D eigenvalue weighted by Crippen LogP contribution is -2.08. The van der Waals surface area contributed by atoms with Crippen LogP contribution < -0.4 is 10.1 Å². The summed E-state index contributed by atoms with van der Waals surface area (Å²) in [4.78, 5) is 22.9. The Labute approximate surface area is 148 Å². The van der Waals surface area contributed by atoms with Crippen LogP contribution in [0, 0.1) is 15.9 Å². The Hall–Kier alpha value is -3.16. The number of halogens is 1. The molecule has 1 aliphatic rings. The molecular formula is C18H17FN2O5. The summed E-state index contributed by atoms with van der Waals surface area (Å²) in [6, 6.07) is 8.60. The number of carbonyl (C=O) groups is 1. The molecule has 7 nitrogen and oxygen atoms in total. The molecule has 2 aromatic rings. The first-order valence-corrected chi connectivity index (χ1v) is 8.02. The molecule has 0 bridgehead atoms. The number of nitrogens with one attached hydrogen (secondary N) is 1. The van der Waals surface area contributed by atoms with Gasteiger partial charge in [-0.05, 0) is 42.7 Å². The Kier molecular flexibility index (Phi) is 5.01. The SMILES string of the molecule is COc1ccc(COC(=O)c2ccc(NC3CC3)c([N+](=O)[O-])c2)cc1F. The molecule has 0 heterocycles. The normalized spacial score (nSPS) is 13.2. The van der Waals surface area contributed by atoms with Crippen molar-refractivity contribution >= 4 is 17.3 Å². The van der Waals surface area contributed by atoms with Crippen LogP contribution in [-0.2, 0) is 11.3 Å². The number of benzene rings is 2. The van der Waals surface area contributed by atoms with Gasteiger partial charge in [-0.1, -0.05) is 6.07 Å². The van der Waals surface area contributed by atoms with Gasteiger partial charge in [0.15, 0.2) is 11.6 Å². The zero-order chi connectivity index (χ0) is 18.7. The van der Waals surface area contributed by atoms with Gasteiger partial charge in [0.05, 0.1) is 17.6 Å². The lowest BCUT2D eigenvalue weighted by Gasteiger charge is -2.09. The van der Waals surface area contributed by atoms with E-state index >= 15 is 0 Å². The molecule has 1 fully saturated rings. The molecule has 0 amide bonds. The van der Waals surface area contributed by atoms with E-state index in [4.69, 9.17) is 9.47 Å². The predicted molar refractivity (Wildman–Crippen MR) is 91.8 cm³/mol. The summed E-state index contributed by atoms with van der Waals surface area (Å²) < 4.78 is 23.6. The second kappa shape index (κ2) is 7.38. The molecule has 0 spiro atoms. The van der Waals surface area contributed by atoms with Gasteiger partial charge < -0.3 is 14.8 Å². The fourth-order valence-corrected chi connectivity index (χ4v) is 2.41. The van der Waals surface area contributed by atoms with Crippen molar-refractivity contribution in [3.05, 3.63) is 63.5 Å². The standard InChI is InChI=1S/C18H17FN2O5/c1-25-17-7-2-11(8-14(17)19)10-26-18(22)12-3-6-15(20-13-4-5-13)16(9-12)21(23)24/h2-3,6-9,13,20H,4-5,10H2,1H3. The maximum atomic E-state index is 13.6. The van der Waals surface area contributed by atoms with Crippen LogP contribution in [0.2, 0.25) is 0 Å². The van der Waals surface area contributed by atoms with E-state index in [2.05, 4.69) is 5.32 Å². The fourth-order valence-electron chi connectivity index (χ4n) is 2.41. The molecule has 0 radical (unpaired) electrons. The highest BCUT2D eigenvalue weighted by atomic mass is 19.1. The number of rotatable bonds is 7. The summed E-state index contributed by atoms with van der Waals surface area (Å²) >= 11 is 0. The first-order chi connectivity index (χ1) is 12.5. The Morgan fingerprint density at radius 1 is 1.31 bits per heavy atom. The van der Waals surface area contributed by atoms with Gasteiger partial charge in [-0.15, -0.1) is 0 Å². The molecule has 3 rings (SSSR count). The minimum Gasteiger partial charge on any atom is -0.494 e. The number of carbonyl (C=O) groups excluding carboxylic acids is 1. The van der Waals surface area contributed by atoms with Gasteiger partial charge in [-0.25, -0.2) is 9.18 Å². The number of nitro benzene ring substituents is 1. The number of esters is 1. The number of hydrogen-bond donors (Lipinski definition) is 1. The first-order valence-electron chi connectivity index (χ1n) is 8.02. The highest BCUT2D eigenvalue weighted by molar-refractivity contribution is 5.91. The second-order valence-electron chi connectivity index (χ2n) is 5.95. The van der Waals surface area contributed by atoms with E-state index in [1.54, 1.807) is 6.07 Å². The summed E-state index contributed by atoms with van der Waals surface area (Å²) in [6.45, 7) is -0.157. The third kappa shape index (κ3) is 4.08. The Morgan fingerprint density at radius 2 is 2.08 bits per heavy atom. The largest absolute Gasteiger partial charge is 0.494 e. The van der Waals surface area contributed by atoms with Gasteiger partial charge in [-0.3, -0.25) is 10.1 Å². The number of nitro groups is 1. The highest BCUT2D eigenvalue weighted by Crippen LogP contribution is 2.31. The summed E-state index contributed by atoms with van der Waals surface area (Å²) in [7, 11) is 1.35. The molecule has 0 saturated heterocycles. The van der Waals surface area contributed by atoms with Crippen LogP contribution in [0.4, 0.5) is 15.8 Å². The van der Waals surface area contributed by atoms with E-state index in [0.717, 1.165) is 12.8 Å². The van der Waals surface area contributed by atoms with Crippen molar-refractivity contribution in [2.75, 3.05) is 12.4 Å². The van der Waals surface area contributed by atoms with Gasteiger partial charge in [0.2, 0.25) is 0 Å². The van der Waals surface area contributed by atoms with Crippen molar-refractivity contribution in [3.8, 4) is 5.75 Å². The van der Waals surface area contributed by atoms with E-state index in [1.165, 1.54) is 37.4 Å². The van der Waals surface area contributed by atoms with E-state index in [1.807, 2.05) is 0 Å². The molecular weight excluding hydrogens is 343 g/mol. The molecule has 8 heteroatoms. The number of nitrogens with zero attached hydrogens (tertiary/aromatic N) is 1. The van der Waals surface area contributed by atoms with Gasteiger partial charge in [0.1, 0.15) is 12.3 Å². The van der Waals surface area contributed by atoms with Crippen molar-refractivity contribution < 1.29 is 23.6 Å². The van der Waals surface area contributed by atoms with Crippen LogP contribution in [0.1, 0.15) is 28.8 Å². The minimum atomic E-state index is -0.720. The lowest BCUT2D eigenvalue weighted by atomic mass is 10.1. The minimum absolute atomic E-state index is 0.0621. The summed E-state index contributed by atoms with van der Waals surface area (Å²) in [5.41, 5.74) is 0.707. The highest BCUT2D eigenvalue weighted by Gasteiger charge is 2.25. The Morgan fingerprint density at radius 3 is 2.69 bits per heavy atom. The average molecular weight is 360 g/mol. The van der Waals surface area contributed by atoms with Crippen molar-refractivity contribution in [2.24, 2.45) is 0 Å². The van der Waals surface area contributed by atoms with Crippen LogP contribution in [0.3, 0.4) is 0 Å². The number of hydrogen-bond acceptors (Lipinski definition) is 6. The van der Waals surface area contributed by atoms with E-state index in [0.29, 0.717) is 11.3 Å². The molecule has 26 heavy (non-hydrogen) atoms. The summed E-state index contributed by atoms with van der Waals surface area (Å²) in [6.07, 6.45) is 1.94. The van der Waals surface area contributed by atoms with Crippen molar-refractivity contribution in [1.82, 2.24) is 0 Å². The topological polar surface area (TPSA) is 90.7 Å².